The first kappa shape index (κ1) is 16.0. The van der Waals surface area contributed by atoms with E-state index in [0.29, 0.717) is 12.8 Å². The number of nitrogens with one attached hydrogen (secondary N) is 2. The van der Waals surface area contributed by atoms with Crippen molar-refractivity contribution in [3.63, 3.8) is 0 Å². The molecule has 0 atom stereocenters. The Labute approximate surface area is 122 Å². The van der Waals surface area contributed by atoms with Gasteiger partial charge in [-0.05, 0) is 12.8 Å². The predicted molar refractivity (Wildman–Crippen MR) is 70.0 cm³/mol. The van der Waals surface area contributed by atoms with E-state index in [0.717, 1.165) is 19.3 Å². The number of carbonyl (C=O) groups is 1. The highest BCUT2D eigenvalue weighted by molar-refractivity contribution is 7.15. The van der Waals surface area contributed by atoms with Gasteiger partial charge in [0.15, 0.2) is 0 Å². The minimum Gasteiger partial charge on any atom is -0.388 e. The van der Waals surface area contributed by atoms with E-state index in [-0.39, 0.29) is 23.0 Å². The maximum absolute atomic E-state index is 12.3. The fraction of sp³-hybridized carbons (Fsp3) is 0.727. The summed E-state index contributed by atoms with van der Waals surface area (Å²) in [6.07, 6.45) is -0.532. The van der Waals surface area contributed by atoms with Crippen LogP contribution in [0.3, 0.4) is 0 Å². The van der Waals surface area contributed by atoms with Gasteiger partial charge in [0, 0.05) is 6.54 Å². The van der Waals surface area contributed by atoms with Crippen molar-refractivity contribution in [2.45, 2.75) is 43.9 Å². The highest BCUT2D eigenvalue weighted by atomic mass is 32.1. The topological polar surface area (TPSA) is 87.1 Å². The molecule has 1 saturated carbocycles. The lowest BCUT2D eigenvalue weighted by molar-refractivity contribution is -0.138. The number of hydrogen-bond donors (Lipinski definition) is 3. The highest BCUT2D eigenvalue weighted by Gasteiger charge is 2.36. The molecular formula is C11H15F3N4O2S. The van der Waals surface area contributed by atoms with Gasteiger partial charge in [-0.3, -0.25) is 5.32 Å². The molecule has 1 aliphatic rings. The van der Waals surface area contributed by atoms with Crippen LogP contribution >= 0.6 is 11.3 Å². The molecule has 1 aromatic heterocycles. The summed E-state index contributed by atoms with van der Waals surface area (Å²) in [6.45, 7) is 0.0593. The zero-order valence-electron chi connectivity index (χ0n) is 11.0. The number of urea groups is 1. The normalized spacial score (nSPS) is 18.3. The van der Waals surface area contributed by atoms with Crippen LogP contribution in [-0.2, 0) is 6.18 Å². The third-order valence-electron chi connectivity index (χ3n) is 3.25. The summed E-state index contributed by atoms with van der Waals surface area (Å²) in [7, 11) is 0. The lowest BCUT2D eigenvalue weighted by Crippen LogP contribution is -2.45. The van der Waals surface area contributed by atoms with E-state index in [2.05, 4.69) is 20.8 Å². The molecule has 1 fully saturated rings. The second kappa shape index (κ2) is 6.14. The van der Waals surface area contributed by atoms with E-state index in [1.54, 1.807) is 0 Å². The van der Waals surface area contributed by atoms with Gasteiger partial charge in [-0.25, -0.2) is 4.79 Å². The maximum atomic E-state index is 12.3. The van der Waals surface area contributed by atoms with Crippen molar-refractivity contribution in [3.05, 3.63) is 5.01 Å². The molecule has 0 aromatic carbocycles. The second-order valence-corrected chi connectivity index (χ2v) is 5.98. The summed E-state index contributed by atoms with van der Waals surface area (Å²) in [6, 6.07) is -0.709. The molecule has 0 bridgehead atoms. The Kier molecular flexibility index (Phi) is 4.67. The van der Waals surface area contributed by atoms with Crippen LogP contribution in [0.25, 0.3) is 0 Å². The number of carbonyl (C=O) groups excluding carboxylic acids is 1. The van der Waals surface area contributed by atoms with Gasteiger partial charge in [0.2, 0.25) is 10.1 Å². The fourth-order valence-electron chi connectivity index (χ4n) is 2.16. The number of alkyl halides is 3. The molecular weight excluding hydrogens is 309 g/mol. The number of aromatic nitrogens is 2. The van der Waals surface area contributed by atoms with Crippen LogP contribution < -0.4 is 10.6 Å². The average molecular weight is 324 g/mol. The van der Waals surface area contributed by atoms with Crippen LogP contribution in [0.1, 0.15) is 37.1 Å². The van der Waals surface area contributed by atoms with Gasteiger partial charge in [0.1, 0.15) is 0 Å². The smallest absolute Gasteiger partial charge is 0.388 e. The van der Waals surface area contributed by atoms with Crippen LogP contribution in [0.4, 0.5) is 23.1 Å². The van der Waals surface area contributed by atoms with Crippen molar-refractivity contribution in [1.29, 1.82) is 0 Å². The summed E-state index contributed by atoms with van der Waals surface area (Å²) >= 11 is 0.247. The van der Waals surface area contributed by atoms with Crippen LogP contribution in [0.2, 0.25) is 0 Å². The Morgan fingerprint density at radius 1 is 1.29 bits per heavy atom. The number of anilines is 1. The molecule has 21 heavy (non-hydrogen) atoms. The molecule has 1 aliphatic carbocycles. The third kappa shape index (κ3) is 4.53. The molecule has 10 heteroatoms. The van der Waals surface area contributed by atoms with Gasteiger partial charge >= 0.3 is 12.2 Å². The van der Waals surface area contributed by atoms with Crippen molar-refractivity contribution in [2.75, 3.05) is 11.9 Å². The molecule has 0 unspecified atom stereocenters. The molecule has 6 nitrogen and oxygen atoms in total. The Morgan fingerprint density at radius 2 is 1.95 bits per heavy atom. The van der Waals surface area contributed by atoms with Crippen molar-refractivity contribution < 1.29 is 23.1 Å². The van der Waals surface area contributed by atoms with E-state index in [1.807, 2.05) is 0 Å². The van der Waals surface area contributed by atoms with Crippen molar-refractivity contribution in [2.24, 2.45) is 0 Å². The summed E-state index contributed by atoms with van der Waals surface area (Å²) in [5, 5.41) is 19.6. The van der Waals surface area contributed by atoms with Crippen molar-refractivity contribution in [1.82, 2.24) is 15.5 Å². The van der Waals surface area contributed by atoms with Crippen molar-refractivity contribution in [3.8, 4) is 0 Å². The molecule has 0 aliphatic heterocycles. The van der Waals surface area contributed by atoms with Crippen molar-refractivity contribution >= 4 is 22.5 Å². The number of nitrogens with zero attached hydrogens (tertiary/aromatic N) is 2. The van der Waals surface area contributed by atoms with Crippen LogP contribution in [0, 0.1) is 0 Å². The molecule has 0 radical (unpaired) electrons. The number of halogens is 3. The SMILES string of the molecule is O=C(NCC1(O)CCCCC1)Nc1nnc(C(F)(F)F)s1. The molecule has 0 spiro atoms. The highest BCUT2D eigenvalue weighted by Crippen LogP contribution is 2.33. The lowest BCUT2D eigenvalue weighted by atomic mass is 9.85. The zero-order chi connectivity index (χ0) is 15.5. The molecule has 118 valence electrons. The number of hydrogen-bond acceptors (Lipinski definition) is 5. The summed E-state index contributed by atoms with van der Waals surface area (Å²) < 4.78 is 37.0. The standard InChI is InChI=1S/C11H15F3N4O2S/c12-11(13,14)7-17-18-9(21-7)16-8(19)15-6-10(20)4-2-1-3-5-10/h20H,1-6H2,(H2,15,16,18,19). The second-order valence-electron chi connectivity index (χ2n) is 5.00. The largest absolute Gasteiger partial charge is 0.445 e. The average Bonchev–Trinajstić information content (AvgIpc) is 2.86. The fourth-order valence-corrected chi connectivity index (χ4v) is 2.77. The van der Waals surface area contributed by atoms with Crippen LogP contribution in [0.5, 0.6) is 0 Å². The van der Waals surface area contributed by atoms with E-state index >= 15 is 0 Å². The Bertz CT molecular complexity index is 500. The molecule has 3 N–H and O–H groups in total. The van der Waals surface area contributed by atoms with E-state index in [9.17, 15) is 23.1 Å². The Morgan fingerprint density at radius 3 is 2.52 bits per heavy atom. The summed E-state index contributed by atoms with van der Waals surface area (Å²) in [4.78, 5) is 11.6. The van der Waals surface area contributed by atoms with E-state index in [4.69, 9.17) is 0 Å². The lowest BCUT2D eigenvalue weighted by Gasteiger charge is -2.31. The van der Waals surface area contributed by atoms with Gasteiger partial charge < -0.3 is 10.4 Å². The van der Waals surface area contributed by atoms with Gasteiger partial charge in [-0.2, -0.15) is 13.2 Å². The minimum absolute atomic E-state index is 0.0593. The molecule has 2 amide bonds. The number of amides is 2. The van der Waals surface area contributed by atoms with E-state index in [1.165, 1.54) is 0 Å². The first-order valence-corrected chi connectivity index (χ1v) is 7.28. The molecule has 1 aromatic rings. The molecule has 1 heterocycles. The monoisotopic (exact) mass is 324 g/mol. The predicted octanol–water partition coefficient (Wildman–Crippen LogP) is 2.37. The molecule has 0 saturated heterocycles. The third-order valence-corrected chi connectivity index (χ3v) is 4.13. The Balaban J connectivity index is 1.83. The number of rotatable bonds is 3. The van der Waals surface area contributed by atoms with Crippen LogP contribution in [0.15, 0.2) is 0 Å². The van der Waals surface area contributed by atoms with Gasteiger partial charge in [-0.15, -0.1) is 10.2 Å². The minimum atomic E-state index is -4.58. The first-order valence-electron chi connectivity index (χ1n) is 6.46. The van der Waals surface area contributed by atoms with Gasteiger partial charge in [0.25, 0.3) is 0 Å². The summed E-state index contributed by atoms with van der Waals surface area (Å²) in [5.74, 6) is 0. The number of aliphatic hydroxyl groups is 1. The van der Waals surface area contributed by atoms with Crippen LogP contribution in [-0.4, -0.2) is 33.5 Å². The Hall–Kier alpha value is -1.42. The van der Waals surface area contributed by atoms with Gasteiger partial charge in [0.05, 0.1) is 5.60 Å². The summed E-state index contributed by atoms with van der Waals surface area (Å²) in [5.41, 5.74) is -0.937. The molecule has 2 rings (SSSR count). The van der Waals surface area contributed by atoms with Gasteiger partial charge in [-0.1, -0.05) is 30.6 Å². The quantitative estimate of drug-likeness (QED) is 0.796. The maximum Gasteiger partial charge on any atom is 0.445 e. The first-order chi connectivity index (χ1) is 9.78. The zero-order valence-corrected chi connectivity index (χ0v) is 11.9. The van der Waals surface area contributed by atoms with E-state index < -0.39 is 22.8 Å².